The van der Waals surface area contributed by atoms with E-state index in [2.05, 4.69) is 0 Å². The quantitative estimate of drug-likeness (QED) is 0.761. The van der Waals surface area contributed by atoms with Gasteiger partial charge in [0.15, 0.2) is 15.6 Å². The highest BCUT2D eigenvalue weighted by Crippen LogP contribution is 2.30. The minimum Gasteiger partial charge on any atom is -0.297 e. The molecule has 2 saturated heterocycles. The lowest BCUT2D eigenvalue weighted by Crippen LogP contribution is -2.40. The lowest BCUT2D eigenvalue weighted by Gasteiger charge is -2.27. The van der Waals surface area contributed by atoms with E-state index in [0.29, 0.717) is 6.42 Å². The van der Waals surface area contributed by atoms with Gasteiger partial charge in [-0.1, -0.05) is 12.8 Å². The van der Waals surface area contributed by atoms with Gasteiger partial charge >= 0.3 is 0 Å². The van der Waals surface area contributed by atoms with E-state index in [4.69, 9.17) is 0 Å². The average molecular weight is 262 g/mol. The Labute approximate surface area is 101 Å². The fourth-order valence-electron chi connectivity index (χ4n) is 2.45. The third kappa shape index (κ3) is 2.62. The Hall–Kier alpha value is -0.0300. The van der Waals surface area contributed by atoms with E-state index >= 15 is 0 Å². The summed E-state index contributed by atoms with van der Waals surface area (Å²) in [6.07, 6.45) is 5.26. The first-order valence-corrected chi connectivity index (χ1v) is 8.74. The number of carbonyl (C=O) groups is 1. The van der Waals surface area contributed by atoms with Crippen molar-refractivity contribution in [3.8, 4) is 0 Å². The van der Waals surface area contributed by atoms with Crippen LogP contribution >= 0.6 is 11.8 Å². The molecule has 2 fully saturated rings. The van der Waals surface area contributed by atoms with Gasteiger partial charge in [-0.3, -0.25) is 4.79 Å². The summed E-state index contributed by atoms with van der Waals surface area (Å²) in [6.45, 7) is 0. The Balaban J connectivity index is 2.07. The summed E-state index contributed by atoms with van der Waals surface area (Å²) in [5.74, 6) is 1.20. The highest BCUT2D eigenvalue weighted by atomic mass is 32.2. The van der Waals surface area contributed by atoms with Gasteiger partial charge in [-0.2, -0.15) is 11.8 Å². The molecule has 3 nitrogen and oxygen atoms in total. The number of hydrogen-bond donors (Lipinski definition) is 0. The maximum Gasteiger partial charge on any atom is 0.163 e. The molecule has 2 aliphatic rings. The predicted molar refractivity (Wildman–Crippen MR) is 66.5 cm³/mol. The van der Waals surface area contributed by atoms with Crippen LogP contribution in [0.5, 0.6) is 0 Å². The molecular formula is C11H18O3S2. The Morgan fingerprint density at radius 1 is 1.06 bits per heavy atom. The molecule has 0 aromatic carbocycles. The van der Waals surface area contributed by atoms with Crippen molar-refractivity contribution in [2.24, 2.45) is 0 Å². The summed E-state index contributed by atoms with van der Waals surface area (Å²) in [5.41, 5.74) is 0. The molecule has 2 unspecified atom stereocenters. The van der Waals surface area contributed by atoms with Crippen molar-refractivity contribution in [1.29, 1.82) is 0 Å². The van der Waals surface area contributed by atoms with Crippen LogP contribution < -0.4 is 0 Å². The SMILES string of the molecule is O=C(C1CCCCS1)C1CCCCS1(=O)=O. The van der Waals surface area contributed by atoms with Crippen LogP contribution in [0, 0.1) is 0 Å². The molecule has 0 spiro atoms. The number of ketones is 1. The van der Waals surface area contributed by atoms with E-state index in [0.717, 1.165) is 37.9 Å². The second-order valence-electron chi connectivity index (χ2n) is 4.61. The Kier molecular flexibility index (Phi) is 3.95. The summed E-state index contributed by atoms with van der Waals surface area (Å²) >= 11 is 1.65. The molecule has 2 atom stereocenters. The van der Waals surface area contributed by atoms with E-state index in [-0.39, 0.29) is 16.8 Å². The zero-order valence-electron chi connectivity index (χ0n) is 9.35. The van der Waals surface area contributed by atoms with Gasteiger partial charge in [-0.15, -0.1) is 0 Å². The highest BCUT2D eigenvalue weighted by molar-refractivity contribution is 8.01. The zero-order chi connectivity index (χ0) is 11.6. The standard InChI is InChI=1S/C11H18O3S2/c12-11(9-5-1-3-7-15-9)10-6-2-4-8-16(10,13)14/h9-10H,1-8H2. The predicted octanol–water partition coefficient (Wildman–Crippen LogP) is 1.81. The molecular weight excluding hydrogens is 244 g/mol. The smallest absolute Gasteiger partial charge is 0.163 e. The molecule has 0 N–H and O–H groups in total. The largest absolute Gasteiger partial charge is 0.297 e. The molecule has 0 bridgehead atoms. The fraction of sp³-hybridized carbons (Fsp3) is 0.909. The zero-order valence-corrected chi connectivity index (χ0v) is 11.0. The van der Waals surface area contributed by atoms with Crippen LogP contribution in [0.25, 0.3) is 0 Å². The van der Waals surface area contributed by atoms with Crippen LogP contribution in [0.4, 0.5) is 0 Å². The van der Waals surface area contributed by atoms with Gasteiger partial charge in [0.25, 0.3) is 0 Å². The van der Waals surface area contributed by atoms with Crippen molar-refractivity contribution in [3.63, 3.8) is 0 Å². The normalized spacial score (nSPS) is 34.5. The second kappa shape index (κ2) is 5.08. The molecule has 5 heteroatoms. The Bertz CT molecular complexity index is 355. The van der Waals surface area contributed by atoms with Crippen molar-refractivity contribution < 1.29 is 13.2 Å². The molecule has 0 radical (unpaired) electrons. The van der Waals surface area contributed by atoms with E-state index in [9.17, 15) is 13.2 Å². The number of thioether (sulfide) groups is 1. The summed E-state index contributed by atoms with van der Waals surface area (Å²) in [7, 11) is -3.13. The molecule has 0 aromatic heterocycles. The monoisotopic (exact) mass is 262 g/mol. The molecule has 2 rings (SSSR count). The van der Waals surface area contributed by atoms with Crippen LogP contribution in [-0.2, 0) is 14.6 Å². The van der Waals surface area contributed by atoms with Gasteiger partial charge in [0.05, 0.1) is 11.0 Å². The second-order valence-corrected chi connectivity index (χ2v) is 8.22. The molecule has 0 saturated carbocycles. The Morgan fingerprint density at radius 2 is 1.81 bits per heavy atom. The van der Waals surface area contributed by atoms with Crippen molar-refractivity contribution >= 4 is 27.4 Å². The summed E-state index contributed by atoms with van der Waals surface area (Å²) in [4.78, 5) is 12.2. The third-order valence-electron chi connectivity index (χ3n) is 3.39. The first-order chi connectivity index (χ1) is 7.61. The maximum atomic E-state index is 12.2. The summed E-state index contributed by atoms with van der Waals surface area (Å²) < 4.78 is 23.7. The molecule has 0 aromatic rings. The lowest BCUT2D eigenvalue weighted by atomic mass is 10.0. The number of hydrogen-bond acceptors (Lipinski definition) is 4. The number of sulfone groups is 1. The van der Waals surface area contributed by atoms with Gasteiger partial charge in [-0.05, 0) is 31.4 Å². The minimum absolute atomic E-state index is 0.00981. The van der Waals surface area contributed by atoms with E-state index < -0.39 is 15.1 Å². The van der Waals surface area contributed by atoms with Crippen LogP contribution in [0.2, 0.25) is 0 Å². The van der Waals surface area contributed by atoms with Crippen LogP contribution in [0.15, 0.2) is 0 Å². The van der Waals surface area contributed by atoms with Crippen LogP contribution in [0.3, 0.4) is 0 Å². The van der Waals surface area contributed by atoms with Crippen molar-refractivity contribution in [3.05, 3.63) is 0 Å². The molecule has 2 aliphatic heterocycles. The van der Waals surface area contributed by atoms with Gasteiger partial charge in [-0.25, -0.2) is 8.42 Å². The lowest BCUT2D eigenvalue weighted by molar-refractivity contribution is -0.118. The van der Waals surface area contributed by atoms with Crippen molar-refractivity contribution in [1.82, 2.24) is 0 Å². The third-order valence-corrected chi connectivity index (χ3v) is 6.98. The van der Waals surface area contributed by atoms with E-state index in [1.807, 2.05) is 0 Å². The number of carbonyl (C=O) groups excluding carboxylic acids is 1. The molecule has 0 amide bonds. The van der Waals surface area contributed by atoms with Gasteiger partial charge < -0.3 is 0 Å². The maximum absolute atomic E-state index is 12.2. The average Bonchev–Trinajstić information content (AvgIpc) is 2.29. The minimum atomic E-state index is -3.13. The van der Waals surface area contributed by atoms with Gasteiger partial charge in [0.2, 0.25) is 0 Å². The topological polar surface area (TPSA) is 51.2 Å². The molecule has 92 valence electrons. The van der Waals surface area contributed by atoms with Gasteiger partial charge in [0, 0.05) is 0 Å². The number of rotatable bonds is 2. The first-order valence-electron chi connectivity index (χ1n) is 5.98. The highest BCUT2D eigenvalue weighted by Gasteiger charge is 2.38. The summed E-state index contributed by atoms with van der Waals surface area (Å²) in [6, 6.07) is 0. The van der Waals surface area contributed by atoms with E-state index in [1.54, 1.807) is 11.8 Å². The van der Waals surface area contributed by atoms with Crippen LogP contribution in [-0.4, -0.2) is 36.2 Å². The first kappa shape index (κ1) is 12.4. The fourth-order valence-corrected chi connectivity index (χ4v) is 5.78. The van der Waals surface area contributed by atoms with Gasteiger partial charge in [0.1, 0.15) is 5.25 Å². The molecule has 16 heavy (non-hydrogen) atoms. The van der Waals surface area contributed by atoms with Crippen molar-refractivity contribution in [2.45, 2.75) is 49.0 Å². The Morgan fingerprint density at radius 3 is 2.44 bits per heavy atom. The number of Topliss-reactive ketones (excluding diaryl/α,β-unsaturated/α-hetero) is 1. The van der Waals surface area contributed by atoms with Crippen LogP contribution in [0.1, 0.15) is 38.5 Å². The molecule has 0 aliphatic carbocycles. The molecule has 2 heterocycles. The van der Waals surface area contributed by atoms with Crippen molar-refractivity contribution in [2.75, 3.05) is 11.5 Å². The summed E-state index contributed by atoms with van der Waals surface area (Å²) in [5, 5.41) is -0.733. The van der Waals surface area contributed by atoms with E-state index in [1.165, 1.54) is 0 Å².